The normalized spacial score (nSPS) is 26.6. The number of benzene rings is 2. The Balaban J connectivity index is 1.50. The van der Waals surface area contributed by atoms with Crippen molar-refractivity contribution in [1.82, 2.24) is 0 Å². The van der Waals surface area contributed by atoms with E-state index in [-0.39, 0.29) is 5.92 Å². The summed E-state index contributed by atoms with van der Waals surface area (Å²) in [6, 6.07) is 11.7. The van der Waals surface area contributed by atoms with Crippen molar-refractivity contribution in [1.29, 1.82) is 0 Å². The highest BCUT2D eigenvalue weighted by Gasteiger charge is 2.29. The van der Waals surface area contributed by atoms with Gasteiger partial charge >= 0.3 is 0 Å². The lowest BCUT2D eigenvalue weighted by molar-refractivity contribution is -0.197. The summed E-state index contributed by atoms with van der Waals surface area (Å²) >= 11 is 0. The second-order valence-corrected chi connectivity index (χ2v) is 7.94. The molecule has 2 aromatic carbocycles. The molecule has 31 heavy (non-hydrogen) atoms. The van der Waals surface area contributed by atoms with E-state index in [1.807, 2.05) is 19.1 Å². The third-order valence-electron chi connectivity index (χ3n) is 5.70. The molecule has 0 spiro atoms. The standard InChI is InChI=1S/C26H25F3O2/c1-3-4-17-14-30-26(31-15-17)20-10-12-21(23(27)13-20)18-6-8-19(9-7-18)22-11-5-16(2)24(28)25(22)29/h3-13,17,24-26H,14-15H2,1-2H3/b4-3+. The lowest BCUT2D eigenvalue weighted by Gasteiger charge is -2.28. The van der Waals surface area contributed by atoms with Crippen molar-refractivity contribution in [3.63, 3.8) is 0 Å². The molecule has 2 atom stereocenters. The molecule has 1 saturated heterocycles. The van der Waals surface area contributed by atoms with Crippen molar-refractivity contribution in [2.45, 2.75) is 32.5 Å². The summed E-state index contributed by atoms with van der Waals surface area (Å²) in [5.41, 5.74) is 2.95. The SMILES string of the molecule is C/C=C/C1COC(c2ccc(-c3ccc(C4=CC=C(C)C(F)C4F)cc3)c(F)c2)OC1. The van der Waals surface area contributed by atoms with Crippen LogP contribution in [0.2, 0.25) is 0 Å². The highest BCUT2D eigenvalue weighted by molar-refractivity contribution is 5.75. The Kier molecular flexibility index (Phi) is 6.44. The maximum Gasteiger partial charge on any atom is 0.183 e. The fourth-order valence-electron chi connectivity index (χ4n) is 3.90. The molecule has 2 aromatic rings. The van der Waals surface area contributed by atoms with Crippen LogP contribution in [0.15, 0.2) is 72.3 Å². The van der Waals surface area contributed by atoms with Crippen molar-refractivity contribution >= 4 is 5.57 Å². The Morgan fingerprint density at radius 1 is 0.903 bits per heavy atom. The zero-order valence-electron chi connectivity index (χ0n) is 17.5. The summed E-state index contributed by atoms with van der Waals surface area (Å²) < 4.78 is 54.7. The van der Waals surface area contributed by atoms with Gasteiger partial charge in [0, 0.05) is 17.0 Å². The molecule has 2 nitrogen and oxygen atoms in total. The predicted octanol–water partition coefficient (Wildman–Crippen LogP) is 6.75. The van der Waals surface area contributed by atoms with Crippen LogP contribution in [0.25, 0.3) is 16.7 Å². The third-order valence-corrected chi connectivity index (χ3v) is 5.70. The summed E-state index contributed by atoms with van der Waals surface area (Å²) in [7, 11) is 0. The summed E-state index contributed by atoms with van der Waals surface area (Å²) in [6.07, 6.45) is 3.27. The van der Waals surface area contributed by atoms with Gasteiger partial charge in [-0.05, 0) is 42.2 Å². The molecule has 2 aliphatic rings. The molecule has 0 saturated carbocycles. The molecule has 1 fully saturated rings. The van der Waals surface area contributed by atoms with Gasteiger partial charge in [0.2, 0.25) is 0 Å². The topological polar surface area (TPSA) is 18.5 Å². The molecule has 162 valence electrons. The van der Waals surface area contributed by atoms with Gasteiger partial charge in [-0.25, -0.2) is 13.2 Å². The number of rotatable bonds is 4. The molecule has 0 N–H and O–H groups in total. The highest BCUT2D eigenvalue weighted by atomic mass is 19.2. The number of alkyl halides is 2. The minimum atomic E-state index is -1.70. The van der Waals surface area contributed by atoms with Crippen molar-refractivity contribution in [3.05, 3.63) is 89.3 Å². The molecular formula is C26H25F3O2. The van der Waals surface area contributed by atoms with Gasteiger partial charge in [0.15, 0.2) is 18.6 Å². The van der Waals surface area contributed by atoms with E-state index in [2.05, 4.69) is 0 Å². The van der Waals surface area contributed by atoms with Crippen LogP contribution in [0, 0.1) is 11.7 Å². The van der Waals surface area contributed by atoms with Crippen LogP contribution in [-0.2, 0) is 9.47 Å². The summed E-state index contributed by atoms with van der Waals surface area (Å²) in [6.45, 7) is 4.58. The molecule has 0 aromatic heterocycles. The number of ether oxygens (including phenoxy) is 2. The van der Waals surface area contributed by atoms with Crippen molar-refractivity contribution in [2.75, 3.05) is 13.2 Å². The van der Waals surface area contributed by atoms with Gasteiger partial charge in [-0.15, -0.1) is 0 Å². The first-order valence-corrected chi connectivity index (χ1v) is 10.4. The molecule has 4 rings (SSSR count). The fraction of sp³-hybridized carbons (Fsp3) is 0.308. The molecule has 2 unspecified atom stereocenters. The molecule has 0 amide bonds. The van der Waals surface area contributed by atoms with E-state index in [4.69, 9.17) is 9.47 Å². The third kappa shape index (κ3) is 4.53. The molecule has 1 aliphatic heterocycles. The van der Waals surface area contributed by atoms with Crippen molar-refractivity contribution < 1.29 is 22.6 Å². The first-order valence-electron chi connectivity index (χ1n) is 10.4. The van der Waals surface area contributed by atoms with Gasteiger partial charge in [0.05, 0.1) is 13.2 Å². The zero-order valence-corrected chi connectivity index (χ0v) is 17.5. The van der Waals surface area contributed by atoms with E-state index < -0.39 is 24.5 Å². The van der Waals surface area contributed by atoms with E-state index in [1.165, 1.54) is 6.07 Å². The maximum atomic E-state index is 14.8. The first-order chi connectivity index (χ1) is 15.0. The van der Waals surface area contributed by atoms with Crippen LogP contribution in [0.1, 0.15) is 31.3 Å². The van der Waals surface area contributed by atoms with E-state index in [0.29, 0.717) is 46.6 Å². The van der Waals surface area contributed by atoms with E-state index in [9.17, 15) is 13.2 Å². The molecule has 0 radical (unpaired) electrons. The van der Waals surface area contributed by atoms with Gasteiger partial charge in [-0.3, -0.25) is 0 Å². The van der Waals surface area contributed by atoms with Gasteiger partial charge in [-0.1, -0.05) is 60.7 Å². The Hall–Kier alpha value is -2.63. The average Bonchev–Trinajstić information content (AvgIpc) is 2.79. The van der Waals surface area contributed by atoms with Crippen LogP contribution in [0.5, 0.6) is 0 Å². The van der Waals surface area contributed by atoms with E-state index in [0.717, 1.165) is 0 Å². The fourth-order valence-corrected chi connectivity index (χ4v) is 3.90. The van der Waals surface area contributed by atoms with Gasteiger partial charge < -0.3 is 9.47 Å². The average molecular weight is 426 g/mol. The highest BCUT2D eigenvalue weighted by Crippen LogP contribution is 2.34. The van der Waals surface area contributed by atoms with Crippen LogP contribution >= 0.6 is 0 Å². The lowest BCUT2D eigenvalue weighted by Crippen LogP contribution is -2.25. The van der Waals surface area contributed by atoms with Crippen LogP contribution in [-0.4, -0.2) is 25.6 Å². The maximum absolute atomic E-state index is 14.8. The summed E-state index contributed by atoms with van der Waals surface area (Å²) in [5, 5.41) is 0. The van der Waals surface area contributed by atoms with Crippen LogP contribution < -0.4 is 0 Å². The number of halogens is 3. The van der Waals surface area contributed by atoms with E-state index >= 15 is 0 Å². The predicted molar refractivity (Wildman–Crippen MR) is 116 cm³/mol. The second kappa shape index (κ2) is 9.25. The monoisotopic (exact) mass is 426 g/mol. The second-order valence-electron chi connectivity index (χ2n) is 7.94. The Morgan fingerprint density at radius 3 is 2.23 bits per heavy atom. The Bertz CT molecular complexity index is 1020. The van der Waals surface area contributed by atoms with Gasteiger partial charge in [0.25, 0.3) is 0 Å². The van der Waals surface area contributed by atoms with Gasteiger partial charge in [0.1, 0.15) is 5.82 Å². The minimum absolute atomic E-state index is 0.208. The molecular weight excluding hydrogens is 401 g/mol. The molecule has 1 aliphatic carbocycles. The quantitative estimate of drug-likeness (QED) is 0.504. The van der Waals surface area contributed by atoms with Gasteiger partial charge in [-0.2, -0.15) is 0 Å². The van der Waals surface area contributed by atoms with Crippen molar-refractivity contribution in [2.24, 2.45) is 5.92 Å². The number of allylic oxidation sites excluding steroid dienone is 5. The van der Waals surface area contributed by atoms with Crippen molar-refractivity contribution in [3.8, 4) is 11.1 Å². The van der Waals surface area contributed by atoms with Crippen LogP contribution in [0.3, 0.4) is 0 Å². The number of hydrogen-bond acceptors (Lipinski definition) is 2. The van der Waals surface area contributed by atoms with E-state index in [1.54, 1.807) is 55.5 Å². The molecule has 0 bridgehead atoms. The smallest absolute Gasteiger partial charge is 0.183 e. The Morgan fingerprint density at radius 2 is 1.58 bits per heavy atom. The molecule has 1 heterocycles. The summed E-state index contributed by atoms with van der Waals surface area (Å²) in [4.78, 5) is 0. The summed E-state index contributed by atoms with van der Waals surface area (Å²) in [5.74, 6) is -0.185. The minimum Gasteiger partial charge on any atom is -0.348 e. The lowest BCUT2D eigenvalue weighted by atomic mass is 9.90. The first kappa shape index (κ1) is 21.6. The largest absolute Gasteiger partial charge is 0.348 e. The zero-order chi connectivity index (χ0) is 22.0. The Labute approximate surface area is 180 Å². The van der Waals surface area contributed by atoms with Crippen LogP contribution in [0.4, 0.5) is 13.2 Å². The number of hydrogen-bond donors (Lipinski definition) is 0. The molecule has 5 heteroatoms.